The number of benzene rings is 2. The Morgan fingerprint density at radius 1 is 1.07 bits per heavy atom. The third-order valence-electron chi connectivity index (χ3n) is 4.90. The number of aromatic nitrogens is 1. The van der Waals surface area contributed by atoms with Crippen molar-refractivity contribution in [3.8, 4) is 11.3 Å². The number of amides is 1. The molecule has 0 aliphatic carbocycles. The molecule has 1 aliphatic rings. The Morgan fingerprint density at radius 2 is 1.79 bits per heavy atom. The van der Waals surface area contributed by atoms with Gasteiger partial charge >= 0.3 is 0 Å². The third-order valence-corrected chi connectivity index (χ3v) is 6.92. The van der Waals surface area contributed by atoms with Crippen LogP contribution in [0.15, 0.2) is 64.3 Å². The zero-order chi connectivity index (χ0) is 20.1. The number of nitrogens with one attached hydrogen (secondary N) is 1. The van der Waals surface area contributed by atoms with Crippen LogP contribution in [0.3, 0.4) is 0 Å². The number of para-hydroxylation sites is 2. The van der Waals surface area contributed by atoms with Gasteiger partial charge in [0, 0.05) is 37.1 Å². The van der Waals surface area contributed by atoms with Gasteiger partial charge in [-0.2, -0.15) is 0 Å². The molecule has 0 bridgehead atoms. The fraction of sp³-hybridized carbons (Fsp3) is 0.273. The molecule has 1 amide bonds. The van der Waals surface area contributed by atoms with Crippen molar-refractivity contribution in [3.05, 3.63) is 60.0 Å². The van der Waals surface area contributed by atoms with Crippen molar-refractivity contribution >= 4 is 40.4 Å². The lowest BCUT2D eigenvalue weighted by molar-refractivity contribution is -0.113. The van der Waals surface area contributed by atoms with Gasteiger partial charge in [0.1, 0.15) is 0 Å². The first kappa shape index (κ1) is 19.9. The second kappa shape index (κ2) is 9.43. The number of thioether (sulfide) groups is 1. The number of piperazine rings is 1. The fourth-order valence-electron chi connectivity index (χ4n) is 3.28. The van der Waals surface area contributed by atoms with Crippen molar-refractivity contribution < 1.29 is 4.79 Å². The van der Waals surface area contributed by atoms with Crippen LogP contribution in [-0.4, -0.2) is 54.8 Å². The summed E-state index contributed by atoms with van der Waals surface area (Å²) in [6, 6.07) is 18.2. The lowest BCUT2D eigenvalue weighted by Gasteiger charge is -2.35. The van der Waals surface area contributed by atoms with E-state index in [4.69, 9.17) is 0 Å². The molecular weight excluding hydrogens is 400 g/mol. The van der Waals surface area contributed by atoms with Crippen LogP contribution in [0.25, 0.3) is 11.3 Å². The van der Waals surface area contributed by atoms with Gasteiger partial charge < -0.3 is 15.1 Å². The maximum absolute atomic E-state index is 12.6. The number of thiazole rings is 1. The molecule has 1 aromatic heterocycles. The molecule has 1 fully saturated rings. The van der Waals surface area contributed by atoms with E-state index < -0.39 is 0 Å². The van der Waals surface area contributed by atoms with Gasteiger partial charge in [-0.25, -0.2) is 4.98 Å². The molecule has 7 heteroatoms. The number of hydrogen-bond acceptors (Lipinski definition) is 6. The molecule has 1 N–H and O–H groups in total. The standard InChI is InChI=1S/C22H24N4OS2/c1-25-11-13-26(14-12-25)20-10-6-5-9-18(20)23-21(27)16-29-22-24-19(15-28-22)17-7-3-2-4-8-17/h2-10,15H,11-14,16H2,1H3,(H,23,27). The van der Waals surface area contributed by atoms with Crippen molar-refractivity contribution in [2.75, 3.05) is 49.2 Å². The number of rotatable bonds is 6. The second-order valence-corrected chi connectivity index (χ2v) is 9.09. The molecule has 0 saturated carbocycles. The molecule has 0 radical (unpaired) electrons. The maximum Gasteiger partial charge on any atom is 0.234 e. The largest absolute Gasteiger partial charge is 0.367 e. The SMILES string of the molecule is CN1CCN(c2ccccc2NC(=O)CSc2nc(-c3ccccc3)cs2)CC1. The molecule has 4 rings (SSSR count). The number of carbonyl (C=O) groups is 1. The molecule has 150 valence electrons. The van der Waals surface area contributed by atoms with Gasteiger partial charge in [0.25, 0.3) is 0 Å². The van der Waals surface area contributed by atoms with E-state index in [-0.39, 0.29) is 5.91 Å². The van der Waals surface area contributed by atoms with Gasteiger partial charge in [0.05, 0.1) is 22.8 Å². The molecule has 0 atom stereocenters. The summed E-state index contributed by atoms with van der Waals surface area (Å²) in [6.07, 6.45) is 0. The Kier molecular flexibility index (Phi) is 6.49. The van der Waals surface area contributed by atoms with E-state index in [9.17, 15) is 4.79 Å². The second-order valence-electron chi connectivity index (χ2n) is 7.01. The Hall–Kier alpha value is -2.35. The normalized spacial score (nSPS) is 14.7. The first-order valence-corrected chi connectivity index (χ1v) is 11.5. The van der Waals surface area contributed by atoms with Gasteiger partial charge in [0.15, 0.2) is 4.34 Å². The highest BCUT2D eigenvalue weighted by atomic mass is 32.2. The van der Waals surface area contributed by atoms with Gasteiger partial charge in [-0.1, -0.05) is 54.2 Å². The molecule has 5 nitrogen and oxygen atoms in total. The van der Waals surface area contributed by atoms with Crippen LogP contribution in [0.2, 0.25) is 0 Å². The minimum absolute atomic E-state index is 0.00645. The summed E-state index contributed by atoms with van der Waals surface area (Å²) in [4.78, 5) is 21.9. The Morgan fingerprint density at radius 3 is 2.59 bits per heavy atom. The summed E-state index contributed by atoms with van der Waals surface area (Å²) in [5, 5.41) is 5.13. The molecule has 0 unspecified atom stereocenters. The predicted molar refractivity (Wildman–Crippen MR) is 123 cm³/mol. The summed E-state index contributed by atoms with van der Waals surface area (Å²) < 4.78 is 0.909. The monoisotopic (exact) mass is 424 g/mol. The van der Waals surface area contributed by atoms with E-state index >= 15 is 0 Å². The van der Waals surface area contributed by atoms with Crippen LogP contribution < -0.4 is 10.2 Å². The number of likely N-dealkylation sites (N-methyl/N-ethyl adjacent to an activating group) is 1. The number of hydrogen-bond donors (Lipinski definition) is 1. The summed E-state index contributed by atoms with van der Waals surface area (Å²) in [6.45, 7) is 4.01. The minimum atomic E-state index is -0.00645. The van der Waals surface area contributed by atoms with Crippen LogP contribution >= 0.6 is 23.1 Å². The zero-order valence-electron chi connectivity index (χ0n) is 16.4. The molecule has 2 heterocycles. The average Bonchev–Trinajstić information content (AvgIpc) is 3.23. The van der Waals surface area contributed by atoms with E-state index in [2.05, 4.69) is 33.2 Å². The summed E-state index contributed by atoms with van der Waals surface area (Å²) in [5.41, 5.74) is 4.03. The number of anilines is 2. The zero-order valence-corrected chi connectivity index (χ0v) is 18.0. The molecule has 1 aliphatic heterocycles. The number of carbonyl (C=O) groups excluding carboxylic acids is 1. The van der Waals surface area contributed by atoms with E-state index in [1.54, 1.807) is 11.3 Å². The molecule has 3 aromatic rings. The quantitative estimate of drug-likeness (QED) is 0.598. The summed E-state index contributed by atoms with van der Waals surface area (Å²) in [5.74, 6) is 0.340. The van der Waals surface area contributed by atoms with Crippen LogP contribution in [0.1, 0.15) is 0 Å². The first-order chi connectivity index (χ1) is 14.2. The van der Waals surface area contributed by atoms with Gasteiger partial charge in [0.2, 0.25) is 5.91 Å². The van der Waals surface area contributed by atoms with Gasteiger partial charge in [-0.15, -0.1) is 11.3 Å². The van der Waals surface area contributed by atoms with Crippen molar-refractivity contribution in [1.82, 2.24) is 9.88 Å². The summed E-state index contributed by atoms with van der Waals surface area (Å²) in [7, 11) is 2.14. The molecule has 2 aromatic carbocycles. The predicted octanol–water partition coefficient (Wildman–Crippen LogP) is 4.29. The van der Waals surface area contributed by atoms with Crippen LogP contribution in [-0.2, 0) is 4.79 Å². The average molecular weight is 425 g/mol. The van der Waals surface area contributed by atoms with Gasteiger partial charge in [-0.3, -0.25) is 4.79 Å². The molecular formula is C22H24N4OS2. The van der Waals surface area contributed by atoms with Gasteiger partial charge in [-0.05, 0) is 19.2 Å². The van der Waals surface area contributed by atoms with Crippen molar-refractivity contribution in [2.45, 2.75) is 4.34 Å². The smallest absolute Gasteiger partial charge is 0.234 e. The number of nitrogens with zero attached hydrogens (tertiary/aromatic N) is 3. The van der Waals surface area contributed by atoms with Crippen LogP contribution in [0.5, 0.6) is 0 Å². The van der Waals surface area contributed by atoms with E-state index in [1.807, 2.05) is 53.9 Å². The lowest BCUT2D eigenvalue weighted by Crippen LogP contribution is -2.44. The maximum atomic E-state index is 12.6. The lowest BCUT2D eigenvalue weighted by atomic mass is 10.2. The Labute approximate surface area is 179 Å². The highest BCUT2D eigenvalue weighted by Gasteiger charge is 2.18. The Balaban J connectivity index is 1.35. The van der Waals surface area contributed by atoms with E-state index in [0.717, 1.165) is 53.2 Å². The highest BCUT2D eigenvalue weighted by Crippen LogP contribution is 2.29. The van der Waals surface area contributed by atoms with Crippen LogP contribution in [0.4, 0.5) is 11.4 Å². The van der Waals surface area contributed by atoms with Crippen molar-refractivity contribution in [2.24, 2.45) is 0 Å². The highest BCUT2D eigenvalue weighted by molar-refractivity contribution is 8.01. The summed E-state index contributed by atoms with van der Waals surface area (Å²) >= 11 is 3.06. The molecule has 0 spiro atoms. The topological polar surface area (TPSA) is 48.5 Å². The molecule has 1 saturated heterocycles. The van der Waals surface area contributed by atoms with Crippen molar-refractivity contribution in [3.63, 3.8) is 0 Å². The molecule has 29 heavy (non-hydrogen) atoms. The van der Waals surface area contributed by atoms with Crippen molar-refractivity contribution in [1.29, 1.82) is 0 Å². The van der Waals surface area contributed by atoms with E-state index in [0.29, 0.717) is 5.75 Å². The fourth-order valence-corrected chi connectivity index (χ4v) is 4.92. The van der Waals surface area contributed by atoms with E-state index in [1.165, 1.54) is 11.8 Å². The van der Waals surface area contributed by atoms with Crippen LogP contribution in [0, 0.1) is 0 Å². The third kappa shape index (κ3) is 5.18. The minimum Gasteiger partial charge on any atom is -0.367 e. The first-order valence-electron chi connectivity index (χ1n) is 9.65. The Bertz CT molecular complexity index is 952.